The number of benzene rings is 1. The van der Waals surface area contributed by atoms with E-state index in [1.54, 1.807) is 36.9 Å². The number of pyridine rings is 1. The minimum atomic E-state index is -0.941. The Kier molecular flexibility index (Phi) is 2.95. The molecule has 20 heavy (non-hydrogen) atoms. The SMILES string of the molecule is CC(c1ccncc1)n1cnc2cc(C(=O)O)ccc21. The molecule has 0 bridgehead atoms. The summed E-state index contributed by atoms with van der Waals surface area (Å²) in [6, 6.07) is 9.02. The molecule has 1 aromatic carbocycles. The predicted molar refractivity (Wildman–Crippen MR) is 74.7 cm³/mol. The van der Waals surface area contributed by atoms with E-state index < -0.39 is 5.97 Å². The van der Waals surface area contributed by atoms with Crippen LogP contribution in [-0.2, 0) is 0 Å². The van der Waals surface area contributed by atoms with Gasteiger partial charge in [0, 0.05) is 12.4 Å². The Balaban J connectivity index is 2.07. The molecule has 100 valence electrons. The highest BCUT2D eigenvalue weighted by Crippen LogP contribution is 2.23. The third-order valence-electron chi connectivity index (χ3n) is 3.43. The Morgan fingerprint density at radius 2 is 2.00 bits per heavy atom. The number of nitrogens with zero attached hydrogens (tertiary/aromatic N) is 3. The Bertz CT molecular complexity index is 765. The van der Waals surface area contributed by atoms with Gasteiger partial charge in [-0.1, -0.05) is 0 Å². The number of fused-ring (bicyclic) bond motifs is 1. The fourth-order valence-electron chi connectivity index (χ4n) is 2.28. The molecule has 0 fully saturated rings. The third kappa shape index (κ3) is 2.03. The van der Waals surface area contributed by atoms with Crippen molar-refractivity contribution in [2.24, 2.45) is 0 Å². The van der Waals surface area contributed by atoms with Gasteiger partial charge in [0.25, 0.3) is 0 Å². The van der Waals surface area contributed by atoms with Gasteiger partial charge < -0.3 is 9.67 Å². The number of carboxylic acids is 1. The second kappa shape index (κ2) is 4.77. The number of carboxylic acid groups (broad SMARTS) is 1. The topological polar surface area (TPSA) is 68.0 Å². The summed E-state index contributed by atoms with van der Waals surface area (Å²) in [5.41, 5.74) is 2.98. The van der Waals surface area contributed by atoms with Crippen LogP contribution in [0.25, 0.3) is 11.0 Å². The first-order chi connectivity index (χ1) is 9.66. The van der Waals surface area contributed by atoms with Gasteiger partial charge in [0.2, 0.25) is 0 Å². The third-order valence-corrected chi connectivity index (χ3v) is 3.43. The second-order valence-corrected chi connectivity index (χ2v) is 4.62. The number of hydrogen-bond acceptors (Lipinski definition) is 3. The molecule has 1 atom stereocenters. The van der Waals surface area contributed by atoms with E-state index in [-0.39, 0.29) is 11.6 Å². The van der Waals surface area contributed by atoms with Crippen LogP contribution < -0.4 is 0 Å². The summed E-state index contributed by atoms with van der Waals surface area (Å²) in [5.74, 6) is -0.941. The lowest BCUT2D eigenvalue weighted by Crippen LogP contribution is -2.05. The molecule has 3 rings (SSSR count). The summed E-state index contributed by atoms with van der Waals surface area (Å²) >= 11 is 0. The van der Waals surface area contributed by atoms with Crippen LogP contribution in [0.5, 0.6) is 0 Å². The van der Waals surface area contributed by atoms with Crippen molar-refractivity contribution in [1.29, 1.82) is 0 Å². The normalized spacial score (nSPS) is 12.4. The molecule has 0 saturated carbocycles. The number of imidazole rings is 1. The summed E-state index contributed by atoms with van der Waals surface area (Å²) in [7, 11) is 0. The predicted octanol–water partition coefficient (Wildman–Crippen LogP) is 2.74. The summed E-state index contributed by atoms with van der Waals surface area (Å²) in [4.78, 5) is 19.3. The maximum absolute atomic E-state index is 11.0. The molecular formula is C15H13N3O2. The maximum atomic E-state index is 11.0. The van der Waals surface area contributed by atoms with Gasteiger partial charge in [-0.15, -0.1) is 0 Å². The quantitative estimate of drug-likeness (QED) is 0.792. The van der Waals surface area contributed by atoms with Crippen molar-refractivity contribution in [2.45, 2.75) is 13.0 Å². The zero-order valence-electron chi connectivity index (χ0n) is 10.9. The van der Waals surface area contributed by atoms with Crippen LogP contribution in [0.4, 0.5) is 0 Å². The first kappa shape index (κ1) is 12.3. The highest BCUT2D eigenvalue weighted by Gasteiger charge is 2.13. The molecule has 0 amide bonds. The van der Waals surface area contributed by atoms with Crippen molar-refractivity contribution in [3.05, 3.63) is 60.2 Å². The zero-order chi connectivity index (χ0) is 14.1. The molecule has 1 N–H and O–H groups in total. The van der Waals surface area contributed by atoms with Crippen LogP contribution in [0.15, 0.2) is 49.1 Å². The number of hydrogen-bond donors (Lipinski definition) is 1. The molecule has 3 aromatic rings. The van der Waals surface area contributed by atoms with Gasteiger partial charge in [-0.25, -0.2) is 9.78 Å². The van der Waals surface area contributed by atoms with E-state index >= 15 is 0 Å². The highest BCUT2D eigenvalue weighted by atomic mass is 16.4. The molecule has 0 radical (unpaired) electrons. The van der Waals surface area contributed by atoms with E-state index in [0.29, 0.717) is 5.52 Å². The van der Waals surface area contributed by atoms with Crippen molar-refractivity contribution in [3.63, 3.8) is 0 Å². The van der Waals surface area contributed by atoms with Crippen LogP contribution in [-0.4, -0.2) is 25.6 Å². The molecular weight excluding hydrogens is 254 g/mol. The lowest BCUT2D eigenvalue weighted by Gasteiger charge is -2.14. The van der Waals surface area contributed by atoms with E-state index in [1.165, 1.54) is 0 Å². The largest absolute Gasteiger partial charge is 0.478 e. The van der Waals surface area contributed by atoms with Gasteiger partial charge in [-0.05, 0) is 42.8 Å². The smallest absolute Gasteiger partial charge is 0.335 e. The zero-order valence-corrected chi connectivity index (χ0v) is 10.9. The molecule has 0 spiro atoms. The van der Waals surface area contributed by atoms with Gasteiger partial charge in [-0.2, -0.15) is 0 Å². The highest BCUT2D eigenvalue weighted by molar-refractivity contribution is 5.92. The van der Waals surface area contributed by atoms with E-state index in [2.05, 4.69) is 16.9 Å². The molecule has 5 heteroatoms. The molecule has 1 unspecified atom stereocenters. The summed E-state index contributed by atoms with van der Waals surface area (Å²) in [6.07, 6.45) is 5.25. The lowest BCUT2D eigenvalue weighted by atomic mass is 10.1. The fourth-order valence-corrected chi connectivity index (χ4v) is 2.28. The maximum Gasteiger partial charge on any atom is 0.335 e. The van der Waals surface area contributed by atoms with E-state index in [1.807, 2.05) is 16.7 Å². The molecule has 5 nitrogen and oxygen atoms in total. The van der Waals surface area contributed by atoms with Crippen molar-refractivity contribution in [2.75, 3.05) is 0 Å². The lowest BCUT2D eigenvalue weighted by molar-refractivity contribution is 0.0697. The van der Waals surface area contributed by atoms with Gasteiger partial charge in [-0.3, -0.25) is 4.98 Å². The molecule has 2 aromatic heterocycles. The van der Waals surface area contributed by atoms with Crippen LogP contribution in [0.3, 0.4) is 0 Å². The average Bonchev–Trinajstić information content (AvgIpc) is 2.90. The number of aromatic nitrogens is 3. The monoisotopic (exact) mass is 267 g/mol. The van der Waals surface area contributed by atoms with Crippen molar-refractivity contribution < 1.29 is 9.90 Å². The van der Waals surface area contributed by atoms with Gasteiger partial charge in [0.15, 0.2) is 0 Å². The first-order valence-electron chi connectivity index (χ1n) is 6.26. The van der Waals surface area contributed by atoms with E-state index in [9.17, 15) is 4.79 Å². The number of rotatable bonds is 3. The minimum Gasteiger partial charge on any atom is -0.478 e. The van der Waals surface area contributed by atoms with Gasteiger partial charge in [0.1, 0.15) is 0 Å². The Morgan fingerprint density at radius 3 is 2.70 bits per heavy atom. The Hall–Kier alpha value is -2.69. The van der Waals surface area contributed by atoms with E-state index in [0.717, 1.165) is 11.1 Å². The first-order valence-corrected chi connectivity index (χ1v) is 6.26. The molecule has 0 saturated heterocycles. The van der Waals surface area contributed by atoms with Crippen LogP contribution in [0.2, 0.25) is 0 Å². The fraction of sp³-hybridized carbons (Fsp3) is 0.133. The Morgan fingerprint density at radius 1 is 1.25 bits per heavy atom. The minimum absolute atomic E-state index is 0.110. The van der Waals surface area contributed by atoms with Crippen molar-refractivity contribution >= 4 is 17.0 Å². The summed E-state index contributed by atoms with van der Waals surface area (Å²) < 4.78 is 2.02. The average molecular weight is 267 g/mol. The number of carbonyl (C=O) groups is 1. The van der Waals surface area contributed by atoms with Gasteiger partial charge >= 0.3 is 5.97 Å². The number of aromatic carboxylic acids is 1. The van der Waals surface area contributed by atoms with Crippen molar-refractivity contribution in [1.82, 2.24) is 14.5 Å². The Labute approximate surface area is 115 Å². The van der Waals surface area contributed by atoms with Crippen LogP contribution in [0, 0.1) is 0 Å². The summed E-state index contributed by atoms with van der Waals surface area (Å²) in [5, 5.41) is 9.00. The summed E-state index contributed by atoms with van der Waals surface area (Å²) in [6.45, 7) is 2.07. The van der Waals surface area contributed by atoms with Crippen molar-refractivity contribution in [3.8, 4) is 0 Å². The molecule has 2 heterocycles. The van der Waals surface area contributed by atoms with E-state index in [4.69, 9.17) is 5.11 Å². The molecule has 0 aliphatic rings. The standard InChI is InChI=1S/C15H13N3O2/c1-10(11-4-6-16-7-5-11)18-9-17-13-8-12(15(19)20)2-3-14(13)18/h2-10H,1H3,(H,19,20). The second-order valence-electron chi connectivity index (χ2n) is 4.62. The molecule has 0 aliphatic carbocycles. The van der Waals surface area contributed by atoms with Crippen LogP contribution in [0.1, 0.15) is 28.9 Å². The van der Waals surface area contributed by atoms with Crippen LogP contribution >= 0.6 is 0 Å². The van der Waals surface area contributed by atoms with Gasteiger partial charge in [0.05, 0.1) is 29.0 Å². The molecule has 0 aliphatic heterocycles.